The monoisotopic (exact) mass is 352 g/mol. The normalized spacial score (nSPS) is 15.3. The number of halogens is 1. The first-order chi connectivity index (χ1) is 12.8. The van der Waals surface area contributed by atoms with Gasteiger partial charge in [-0.3, -0.25) is 4.90 Å². The third kappa shape index (κ3) is 3.88. The summed E-state index contributed by atoms with van der Waals surface area (Å²) in [6, 6.07) is 12.2. The van der Waals surface area contributed by atoms with Crippen LogP contribution >= 0.6 is 0 Å². The maximum Gasteiger partial charge on any atom is 0.225 e. The molecule has 1 fully saturated rings. The first kappa shape index (κ1) is 16.7. The van der Waals surface area contributed by atoms with Crippen molar-refractivity contribution >= 4 is 22.7 Å². The van der Waals surface area contributed by atoms with Gasteiger partial charge in [-0.1, -0.05) is 18.2 Å². The van der Waals surface area contributed by atoms with Gasteiger partial charge in [0, 0.05) is 44.7 Å². The molecule has 3 heterocycles. The summed E-state index contributed by atoms with van der Waals surface area (Å²) < 4.78 is 12.9. The van der Waals surface area contributed by atoms with Crippen molar-refractivity contribution in [1.29, 1.82) is 0 Å². The third-order valence-corrected chi connectivity index (χ3v) is 4.59. The Kier molecular flexibility index (Phi) is 4.88. The third-order valence-electron chi connectivity index (χ3n) is 4.59. The Morgan fingerprint density at radius 1 is 0.962 bits per heavy atom. The number of nitrogens with one attached hydrogen (secondary N) is 1. The topological polar surface area (TPSA) is 57.2 Å². The summed E-state index contributed by atoms with van der Waals surface area (Å²) in [7, 11) is 0. The summed E-state index contributed by atoms with van der Waals surface area (Å²) in [4.78, 5) is 17.2. The highest BCUT2D eigenvalue weighted by Crippen LogP contribution is 2.14. The number of hydrogen-bond donors (Lipinski definition) is 1. The van der Waals surface area contributed by atoms with Crippen molar-refractivity contribution in [2.45, 2.75) is 0 Å². The van der Waals surface area contributed by atoms with Gasteiger partial charge in [-0.05, 0) is 18.2 Å². The van der Waals surface area contributed by atoms with E-state index >= 15 is 0 Å². The number of piperazine rings is 1. The number of pyridine rings is 1. The molecular formula is C19H21FN6. The Balaban J connectivity index is 1.25. The molecule has 26 heavy (non-hydrogen) atoms. The van der Waals surface area contributed by atoms with Crippen molar-refractivity contribution < 1.29 is 4.39 Å². The summed E-state index contributed by atoms with van der Waals surface area (Å²) in [5, 5.41) is 4.55. The molecule has 134 valence electrons. The van der Waals surface area contributed by atoms with Crippen LogP contribution in [0.2, 0.25) is 0 Å². The molecule has 0 unspecified atom stereocenters. The summed E-state index contributed by atoms with van der Waals surface area (Å²) in [6.07, 6.45) is 2.43. The van der Waals surface area contributed by atoms with Crippen LogP contribution in [0.15, 0.2) is 48.8 Å². The van der Waals surface area contributed by atoms with E-state index in [0.29, 0.717) is 5.95 Å². The lowest BCUT2D eigenvalue weighted by Crippen LogP contribution is -2.48. The van der Waals surface area contributed by atoms with Gasteiger partial charge in [0.25, 0.3) is 0 Å². The van der Waals surface area contributed by atoms with E-state index in [9.17, 15) is 4.39 Å². The van der Waals surface area contributed by atoms with Crippen molar-refractivity contribution in [2.24, 2.45) is 0 Å². The minimum atomic E-state index is -0.402. The minimum absolute atomic E-state index is 0.402. The zero-order valence-corrected chi connectivity index (χ0v) is 14.5. The number of nitrogens with zero attached hydrogens (tertiary/aromatic N) is 5. The molecule has 0 spiro atoms. The fourth-order valence-electron chi connectivity index (χ4n) is 3.15. The van der Waals surface area contributed by atoms with Crippen LogP contribution in [-0.2, 0) is 0 Å². The van der Waals surface area contributed by atoms with Crippen LogP contribution in [0.3, 0.4) is 0 Å². The van der Waals surface area contributed by atoms with Gasteiger partial charge in [-0.25, -0.2) is 19.3 Å². The van der Waals surface area contributed by atoms with Gasteiger partial charge in [0.2, 0.25) is 5.95 Å². The molecule has 0 bridgehead atoms. The molecule has 0 saturated carbocycles. The zero-order valence-electron chi connectivity index (χ0n) is 14.5. The van der Waals surface area contributed by atoms with E-state index < -0.39 is 5.82 Å². The molecule has 0 radical (unpaired) electrons. The molecule has 1 saturated heterocycles. The Hall–Kier alpha value is -2.80. The van der Waals surface area contributed by atoms with Crippen LogP contribution in [0, 0.1) is 5.82 Å². The van der Waals surface area contributed by atoms with Crippen LogP contribution in [0.25, 0.3) is 10.9 Å². The van der Waals surface area contributed by atoms with Gasteiger partial charge in [0.1, 0.15) is 5.82 Å². The van der Waals surface area contributed by atoms with Gasteiger partial charge < -0.3 is 10.2 Å². The Morgan fingerprint density at radius 3 is 2.54 bits per heavy atom. The molecular weight excluding hydrogens is 331 g/mol. The molecule has 2 aromatic heterocycles. The summed E-state index contributed by atoms with van der Waals surface area (Å²) in [6.45, 7) is 5.37. The highest BCUT2D eigenvalue weighted by molar-refractivity contribution is 5.80. The maximum absolute atomic E-state index is 12.9. The van der Waals surface area contributed by atoms with E-state index in [1.807, 2.05) is 24.3 Å². The molecule has 0 atom stereocenters. The summed E-state index contributed by atoms with van der Waals surface area (Å²) in [5.41, 5.74) is 1.01. The molecule has 1 aliphatic heterocycles. The van der Waals surface area contributed by atoms with Crippen LogP contribution in [0.4, 0.5) is 16.2 Å². The largest absolute Gasteiger partial charge is 0.369 e. The standard InChI is InChI=1S/C19H21FN6/c20-16-13-22-19(23-14-16)26-11-9-25(10-12-26)8-7-21-18-6-5-15-3-1-2-4-17(15)24-18/h1-6,13-14H,7-12H2,(H,21,24). The van der Waals surface area contributed by atoms with Crippen molar-refractivity contribution in [3.8, 4) is 0 Å². The quantitative estimate of drug-likeness (QED) is 0.761. The predicted octanol–water partition coefficient (Wildman–Crippen LogP) is 2.40. The first-order valence-electron chi connectivity index (χ1n) is 8.82. The zero-order chi connectivity index (χ0) is 17.8. The van der Waals surface area contributed by atoms with E-state index in [1.54, 1.807) is 0 Å². The Bertz CT molecular complexity index is 861. The van der Waals surface area contributed by atoms with Crippen LogP contribution < -0.4 is 10.2 Å². The SMILES string of the molecule is Fc1cnc(N2CCN(CCNc3ccc4ccccc4n3)CC2)nc1. The van der Waals surface area contributed by atoms with E-state index in [4.69, 9.17) is 0 Å². The molecule has 7 heteroatoms. The predicted molar refractivity (Wildman–Crippen MR) is 101 cm³/mol. The molecule has 0 amide bonds. The fourth-order valence-corrected chi connectivity index (χ4v) is 3.15. The smallest absolute Gasteiger partial charge is 0.225 e. The lowest BCUT2D eigenvalue weighted by molar-refractivity contribution is 0.266. The Labute approximate surface area is 151 Å². The number of hydrogen-bond acceptors (Lipinski definition) is 6. The van der Waals surface area contributed by atoms with Crippen molar-refractivity contribution in [1.82, 2.24) is 19.9 Å². The molecule has 1 aromatic carbocycles. The minimum Gasteiger partial charge on any atom is -0.369 e. The second-order valence-electron chi connectivity index (χ2n) is 6.35. The van der Waals surface area contributed by atoms with Crippen LogP contribution in [0.1, 0.15) is 0 Å². The molecule has 1 N–H and O–H groups in total. The number of fused-ring (bicyclic) bond motifs is 1. The lowest BCUT2D eigenvalue weighted by atomic mass is 10.2. The van der Waals surface area contributed by atoms with Gasteiger partial charge >= 0.3 is 0 Å². The van der Waals surface area contributed by atoms with Crippen LogP contribution in [-0.4, -0.2) is 59.1 Å². The van der Waals surface area contributed by atoms with Crippen LogP contribution in [0.5, 0.6) is 0 Å². The Morgan fingerprint density at radius 2 is 1.73 bits per heavy atom. The summed E-state index contributed by atoms with van der Waals surface area (Å²) in [5.74, 6) is 1.10. The van der Waals surface area contributed by atoms with Crippen molar-refractivity contribution in [3.05, 3.63) is 54.6 Å². The number of aromatic nitrogens is 3. The van der Waals surface area contributed by atoms with Gasteiger partial charge in [-0.2, -0.15) is 0 Å². The second kappa shape index (κ2) is 7.61. The molecule has 0 aliphatic carbocycles. The highest BCUT2D eigenvalue weighted by atomic mass is 19.1. The van der Waals surface area contributed by atoms with E-state index in [-0.39, 0.29) is 0 Å². The number of rotatable bonds is 5. The van der Waals surface area contributed by atoms with Crippen molar-refractivity contribution in [2.75, 3.05) is 49.5 Å². The fraction of sp³-hybridized carbons (Fsp3) is 0.316. The van der Waals surface area contributed by atoms with Gasteiger partial charge in [-0.15, -0.1) is 0 Å². The molecule has 3 aromatic rings. The molecule has 1 aliphatic rings. The molecule has 6 nitrogen and oxygen atoms in total. The van der Waals surface area contributed by atoms with E-state index in [0.717, 1.165) is 56.0 Å². The number of benzene rings is 1. The van der Waals surface area contributed by atoms with Gasteiger partial charge in [0.15, 0.2) is 5.82 Å². The van der Waals surface area contributed by atoms with E-state index in [2.05, 4.69) is 42.2 Å². The first-order valence-corrected chi connectivity index (χ1v) is 8.82. The lowest BCUT2D eigenvalue weighted by Gasteiger charge is -2.34. The van der Waals surface area contributed by atoms with Gasteiger partial charge in [0.05, 0.1) is 17.9 Å². The average Bonchev–Trinajstić information content (AvgIpc) is 2.69. The molecule has 4 rings (SSSR count). The highest BCUT2D eigenvalue weighted by Gasteiger charge is 2.18. The number of para-hydroxylation sites is 1. The van der Waals surface area contributed by atoms with E-state index in [1.165, 1.54) is 12.4 Å². The second-order valence-corrected chi connectivity index (χ2v) is 6.35. The summed E-state index contributed by atoms with van der Waals surface area (Å²) >= 11 is 0. The maximum atomic E-state index is 12.9. The average molecular weight is 352 g/mol. The van der Waals surface area contributed by atoms with Crippen molar-refractivity contribution in [3.63, 3.8) is 0 Å². The number of anilines is 2.